The molecule has 1 saturated heterocycles. The van der Waals surface area contributed by atoms with Gasteiger partial charge in [0.15, 0.2) is 5.65 Å². The number of hydrogen-bond acceptors (Lipinski definition) is 5. The molecule has 0 saturated carbocycles. The number of hydrogen-bond donors (Lipinski definition) is 1. The average molecular weight is 485 g/mol. The number of amides is 1. The number of benzene rings is 2. The van der Waals surface area contributed by atoms with E-state index in [0.29, 0.717) is 25.6 Å². The maximum Gasteiger partial charge on any atom is 0.410 e. The van der Waals surface area contributed by atoms with Crippen LogP contribution in [0, 0.1) is 0 Å². The van der Waals surface area contributed by atoms with Crippen molar-refractivity contribution in [2.45, 2.75) is 51.7 Å². The number of nitrogens with one attached hydrogen (secondary N) is 1. The van der Waals surface area contributed by atoms with Gasteiger partial charge < -0.3 is 19.4 Å². The van der Waals surface area contributed by atoms with Gasteiger partial charge in [0.1, 0.15) is 29.3 Å². The summed E-state index contributed by atoms with van der Waals surface area (Å²) < 4.78 is 11.4. The molecule has 186 valence electrons. The van der Waals surface area contributed by atoms with Crippen molar-refractivity contribution in [3.63, 3.8) is 0 Å². The second kappa shape index (κ2) is 10.0. The number of aromatic nitrogens is 3. The van der Waals surface area contributed by atoms with Crippen LogP contribution in [0.5, 0.6) is 5.75 Å². The summed E-state index contributed by atoms with van der Waals surface area (Å²) in [4.78, 5) is 27.1. The topological polar surface area (TPSA) is 80.3 Å². The number of piperidine rings is 1. The van der Waals surface area contributed by atoms with E-state index in [0.717, 1.165) is 52.4 Å². The largest absolute Gasteiger partial charge is 0.489 e. The van der Waals surface area contributed by atoms with Crippen LogP contribution in [0.2, 0.25) is 0 Å². The highest BCUT2D eigenvalue weighted by atomic mass is 16.6. The van der Waals surface area contributed by atoms with Gasteiger partial charge in [0.25, 0.3) is 0 Å². The highest BCUT2D eigenvalue weighted by molar-refractivity contribution is 5.76. The average Bonchev–Trinajstić information content (AvgIpc) is 3.31. The first-order valence-corrected chi connectivity index (χ1v) is 12.5. The molecule has 0 bridgehead atoms. The van der Waals surface area contributed by atoms with Gasteiger partial charge >= 0.3 is 6.09 Å². The number of aromatic amines is 1. The van der Waals surface area contributed by atoms with Crippen molar-refractivity contribution in [1.29, 1.82) is 0 Å². The Bertz CT molecular complexity index is 1320. The predicted molar refractivity (Wildman–Crippen MR) is 140 cm³/mol. The molecule has 4 aromatic rings. The monoisotopic (exact) mass is 484 g/mol. The number of carbonyl (C=O) groups excluding carboxylic acids is 1. The van der Waals surface area contributed by atoms with Crippen molar-refractivity contribution in [3.8, 4) is 17.1 Å². The van der Waals surface area contributed by atoms with E-state index in [1.54, 1.807) is 4.90 Å². The molecule has 0 atom stereocenters. The van der Waals surface area contributed by atoms with Gasteiger partial charge in [0, 0.05) is 30.3 Å². The van der Waals surface area contributed by atoms with E-state index in [2.05, 4.69) is 11.1 Å². The van der Waals surface area contributed by atoms with Crippen molar-refractivity contribution in [2.24, 2.45) is 0 Å². The van der Waals surface area contributed by atoms with Crippen LogP contribution < -0.4 is 4.74 Å². The van der Waals surface area contributed by atoms with Crippen LogP contribution >= 0.6 is 0 Å². The fourth-order valence-corrected chi connectivity index (χ4v) is 4.41. The van der Waals surface area contributed by atoms with E-state index in [4.69, 9.17) is 19.4 Å². The normalized spacial score (nSPS) is 14.7. The molecule has 0 radical (unpaired) electrons. The molecule has 3 heterocycles. The van der Waals surface area contributed by atoms with Crippen LogP contribution in [-0.2, 0) is 11.3 Å². The van der Waals surface area contributed by atoms with Crippen molar-refractivity contribution < 1.29 is 14.3 Å². The van der Waals surface area contributed by atoms with E-state index < -0.39 is 5.60 Å². The number of pyridine rings is 1. The summed E-state index contributed by atoms with van der Waals surface area (Å²) in [6, 6.07) is 22.1. The third kappa shape index (κ3) is 5.67. The molecule has 7 nitrogen and oxygen atoms in total. The Morgan fingerprint density at radius 2 is 1.69 bits per heavy atom. The lowest BCUT2D eigenvalue weighted by molar-refractivity contribution is 0.0204. The molecule has 1 fully saturated rings. The maximum absolute atomic E-state index is 12.4. The number of fused-ring (bicyclic) bond motifs is 1. The molecule has 2 aromatic heterocycles. The van der Waals surface area contributed by atoms with Gasteiger partial charge in [0.2, 0.25) is 0 Å². The molecular formula is C29H32N4O3. The lowest BCUT2D eigenvalue weighted by atomic mass is 9.93. The summed E-state index contributed by atoms with van der Waals surface area (Å²) in [5, 5.41) is 0. The van der Waals surface area contributed by atoms with Gasteiger partial charge in [-0.15, -0.1) is 0 Å². The van der Waals surface area contributed by atoms with Crippen LogP contribution in [0.25, 0.3) is 22.6 Å². The van der Waals surface area contributed by atoms with Crippen molar-refractivity contribution in [2.75, 3.05) is 13.1 Å². The maximum atomic E-state index is 12.4. The Labute approximate surface area is 211 Å². The predicted octanol–water partition coefficient (Wildman–Crippen LogP) is 6.32. The quantitative estimate of drug-likeness (QED) is 0.359. The summed E-state index contributed by atoms with van der Waals surface area (Å²) in [5.41, 5.74) is 4.29. The number of nitrogens with zero attached hydrogens (tertiary/aromatic N) is 3. The van der Waals surface area contributed by atoms with Crippen LogP contribution in [0.4, 0.5) is 4.79 Å². The minimum Gasteiger partial charge on any atom is -0.489 e. The minimum absolute atomic E-state index is 0.237. The number of ether oxygens (including phenoxy) is 2. The Morgan fingerprint density at radius 1 is 0.972 bits per heavy atom. The van der Waals surface area contributed by atoms with E-state index in [1.807, 2.05) is 81.4 Å². The Hall–Kier alpha value is -3.87. The molecule has 36 heavy (non-hydrogen) atoms. The summed E-state index contributed by atoms with van der Waals surface area (Å²) >= 11 is 0. The van der Waals surface area contributed by atoms with Gasteiger partial charge in [-0.05, 0) is 75.6 Å². The van der Waals surface area contributed by atoms with Crippen LogP contribution in [-0.4, -0.2) is 44.6 Å². The van der Waals surface area contributed by atoms with Gasteiger partial charge in [0.05, 0.1) is 0 Å². The fraction of sp³-hybridized carbons (Fsp3) is 0.345. The van der Waals surface area contributed by atoms with Crippen LogP contribution in [0.15, 0.2) is 66.7 Å². The van der Waals surface area contributed by atoms with Crippen molar-refractivity contribution >= 4 is 17.3 Å². The van der Waals surface area contributed by atoms with Gasteiger partial charge in [-0.25, -0.2) is 14.8 Å². The first-order chi connectivity index (χ1) is 17.3. The number of rotatable bonds is 5. The number of likely N-dealkylation sites (tertiary alicyclic amines) is 1. The third-order valence-electron chi connectivity index (χ3n) is 6.31. The van der Waals surface area contributed by atoms with Crippen LogP contribution in [0.1, 0.15) is 50.8 Å². The summed E-state index contributed by atoms with van der Waals surface area (Å²) in [6.07, 6.45) is 1.49. The Morgan fingerprint density at radius 3 is 2.39 bits per heavy atom. The Balaban J connectivity index is 1.22. The lowest BCUT2D eigenvalue weighted by Gasteiger charge is -2.33. The van der Waals surface area contributed by atoms with E-state index in [1.165, 1.54) is 0 Å². The SMILES string of the molecule is CC(C)(C)OC(=O)N1CCC(c2ccc3nc(-c4ccc(OCc5ccccc5)cc4)[nH]c3n2)CC1. The smallest absolute Gasteiger partial charge is 0.410 e. The third-order valence-corrected chi connectivity index (χ3v) is 6.31. The van der Waals surface area contributed by atoms with E-state index in [-0.39, 0.29) is 6.09 Å². The van der Waals surface area contributed by atoms with Crippen molar-refractivity contribution in [1.82, 2.24) is 19.9 Å². The number of carbonyl (C=O) groups is 1. The first kappa shape index (κ1) is 23.9. The lowest BCUT2D eigenvalue weighted by Crippen LogP contribution is -2.41. The highest BCUT2D eigenvalue weighted by Crippen LogP contribution is 2.29. The molecular weight excluding hydrogens is 452 g/mol. The van der Waals surface area contributed by atoms with E-state index in [9.17, 15) is 4.79 Å². The number of H-pyrrole nitrogens is 1. The molecule has 1 aliphatic heterocycles. The van der Waals surface area contributed by atoms with Gasteiger partial charge in [-0.3, -0.25) is 0 Å². The van der Waals surface area contributed by atoms with Crippen molar-refractivity contribution in [3.05, 3.63) is 78.0 Å². The summed E-state index contributed by atoms with van der Waals surface area (Å²) in [5.74, 6) is 1.90. The zero-order valence-electron chi connectivity index (χ0n) is 21.0. The standard InChI is InChI=1S/C29H32N4O3/c1-29(2,3)36-28(34)33-17-15-21(16-18-33)24-13-14-25-27(30-24)32-26(31-25)22-9-11-23(12-10-22)35-19-20-7-5-4-6-8-20/h4-14,21H,15-19H2,1-3H3,(H,30,31,32). The second-order valence-corrected chi connectivity index (χ2v) is 10.2. The minimum atomic E-state index is -0.478. The van der Waals surface area contributed by atoms with Gasteiger partial charge in [-0.1, -0.05) is 30.3 Å². The summed E-state index contributed by atoms with van der Waals surface area (Å²) in [7, 11) is 0. The first-order valence-electron chi connectivity index (χ1n) is 12.5. The van der Waals surface area contributed by atoms with Crippen LogP contribution in [0.3, 0.4) is 0 Å². The summed E-state index contributed by atoms with van der Waals surface area (Å²) in [6.45, 7) is 7.56. The zero-order valence-corrected chi connectivity index (χ0v) is 21.0. The molecule has 2 aromatic carbocycles. The fourth-order valence-electron chi connectivity index (χ4n) is 4.41. The molecule has 7 heteroatoms. The zero-order chi connectivity index (χ0) is 25.1. The Kier molecular flexibility index (Phi) is 6.63. The molecule has 0 aliphatic carbocycles. The number of imidazole rings is 1. The molecule has 0 unspecified atom stereocenters. The molecule has 1 N–H and O–H groups in total. The molecule has 5 rings (SSSR count). The highest BCUT2D eigenvalue weighted by Gasteiger charge is 2.28. The van der Waals surface area contributed by atoms with Gasteiger partial charge in [-0.2, -0.15) is 0 Å². The van der Waals surface area contributed by atoms with E-state index >= 15 is 0 Å². The molecule has 1 amide bonds. The molecule has 1 aliphatic rings. The second-order valence-electron chi connectivity index (χ2n) is 10.2. The molecule has 0 spiro atoms.